The Morgan fingerprint density at radius 1 is 1.00 bits per heavy atom. The molecule has 3 heterocycles. The molecule has 0 atom stereocenters. The van der Waals surface area contributed by atoms with E-state index in [4.69, 9.17) is 13.9 Å². The fraction of sp³-hybridized carbons (Fsp3) is 0.444. The van der Waals surface area contributed by atoms with Gasteiger partial charge in [-0.2, -0.15) is 11.8 Å². The van der Waals surface area contributed by atoms with Gasteiger partial charge in [-0.3, -0.25) is 9.69 Å². The smallest absolute Gasteiger partial charge is 0.289 e. The number of furan rings is 1. The molecule has 0 bridgehead atoms. The molecule has 7 nitrogen and oxygen atoms in total. The van der Waals surface area contributed by atoms with Crippen LogP contribution >= 0.6 is 11.8 Å². The summed E-state index contributed by atoms with van der Waals surface area (Å²) in [5.74, 6) is 3.70. The molecule has 8 heteroatoms. The highest BCUT2D eigenvalue weighted by molar-refractivity contribution is 7.99. The second kappa shape index (κ2) is 10.1. The molecule has 0 aliphatic carbocycles. The molecule has 2 saturated heterocycles. The van der Waals surface area contributed by atoms with Crippen molar-refractivity contribution in [3.63, 3.8) is 0 Å². The van der Waals surface area contributed by atoms with Gasteiger partial charge in [0.25, 0.3) is 5.91 Å². The van der Waals surface area contributed by atoms with Crippen LogP contribution in [0.2, 0.25) is 0 Å². The average molecular weight is 497 g/mol. The topological polar surface area (TPSA) is 75.4 Å². The molecule has 5 rings (SSSR count). The number of benzene rings is 2. The number of aliphatic hydroxyl groups is 1. The normalized spacial score (nSPS) is 18.5. The fourth-order valence-electron chi connectivity index (χ4n) is 4.97. The highest BCUT2D eigenvalue weighted by Crippen LogP contribution is 2.36. The summed E-state index contributed by atoms with van der Waals surface area (Å²) in [5.41, 5.74) is 1.81. The number of fused-ring (bicyclic) bond motifs is 1. The number of thioether (sulfide) groups is 1. The summed E-state index contributed by atoms with van der Waals surface area (Å²) < 4.78 is 16.6. The predicted octanol–water partition coefficient (Wildman–Crippen LogP) is 4.12. The molecule has 35 heavy (non-hydrogen) atoms. The lowest BCUT2D eigenvalue weighted by atomic mass is 9.84. The summed E-state index contributed by atoms with van der Waals surface area (Å²) in [6, 6.07) is 13.6. The molecule has 0 spiro atoms. The van der Waals surface area contributed by atoms with Gasteiger partial charge in [0.2, 0.25) is 0 Å². The van der Waals surface area contributed by atoms with Crippen molar-refractivity contribution in [1.82, 2.24) is 9.80 Å². The molecule has 0 radical (unpaired) electrons. The maximum absolute atomic E-state index is 12.8. The third-order valence-corrected chi connectivity index (χ3v) is 8.04. The van der Waals surface area contributed by atoms with Crippen LogP contribution in [-0.2, 0) is 12.1 Å². The van der Waals surface area contributed by atoms with Crippen molar-refractivity contribution in [2.24, 2.45) is 0 Å². The van der Waals surface area contributed by atoms with Crippen LogP contribution in [0.25, 0.3) is 11.0 Å². The molecule has 2 aromatic carbocycles. The molecular formula is C27H32N2O5S. The number of piperidine rings is 1. The Labute approximate surface area is 210 Å². The van der Waals surface area contributed by atoms with Crippen molar-refractivity contribution >= 4 is 28.6 Å². The minimum atomic E-state index is -0.895. The highest BCUT2D eigenvalue weighted by atomic mass is 32.2. The van der Waals surface area contributed by atoms with Crippen molar-refractivity contribution in [2.45, 2.75) is 25.0 Å². The Bertz CT molecular complexity index is 1200. The number of methoxy groups -OCH3 is 2. The number of nitrogens with zero attached hydrogens (tertiary/aromatic N) is 2. The van der Waals surface area contributed by atoms with Crippen LogP contribution in [0, 0.1) is 0 Å². The van der Waals surface area contributed by atoms with Gasteiger partial charge in [0.1, 0.15) is 5.58 Å². The third kappa shape index (κ3) is 5.01. The van der Waals surface area contributed by atoms with E-state index in [-0.39, 0.29) is 5.91 Å². The Hall–Kier alpha value is -2.68. The van der Waals surface area contributed by atoms with Gasteiger partial charge in [0.15, 0.2) is 17.3 Å². The van der Waals surface area contributed by atoms with Crippen molar-refractivity contribution < 1.29 is 23.8 Å². The maximum atomic E-state index is 12.8. The molecule has 1 N–H and O–H groups in total. The summed E-state index contributed by atoms with van der Waals surface area (Å²) >= 11 is 1.87. The predicted molar refractivity (Wildman–Crippen MR) is 137 cm³/mol. The maximum Gasteiger partial charge on any atom is 0.289 e. The minimum absolute atomic E-state index is 0.0507. The zero-order chi connectivity index (χ0) is 24.4. The molecule has 0 saturated carbocycles. The molecule has 1 amide bonds. The van der Waals surface area contributed by atoms with Crippen LogP contribution in [0.15, 0.2) is 46.9 Å². The van der Waals surface area contributed by atoms with E-state index in [1.165, 1.54) is 0 Å². The first-order chi connectivity index (χ1) is 17.0. The lowest BCUT2D eigenvalue weighted by molar-refractivity contribution is -0.0276. The molecular weight excluding hydrogens is 464 g/mol. The Kier molecular flexibility index (Phi) is 6.95. The van der Waals surface area contributed by atoms with E-state index in [9.17, 15) is 9.90 Å². The van der Waals surface area contributed by atoms with Gasteiger partial charge in [-0.1, -0.05) is 12.1 Å². The molecule has 0 unspecified atom stereocenters. The summed E-state index contributed by atoms with van der Waals surface area (Å²) in [6.45, 7) is 3.87. The number of likely N-dealkylation sites (tertiary alicyclic amines) is 1. The van der Waals surface area contributed by atoms with Crippen molar-refractivity contribution in [3.05, 3.63) is 59.4 Å². The third-order valence-electron chi connectivity index (χ3n) is 7.10. The zero-order valence-electron chi connectivity index (χ0n) is 20.3. The number of ether oxygens (including phenoxy) is 2. The standard InChI is InChI=1S/C27H32N2O5S/c1-32-23-5-3-19(15-24(23)33-2)18-28-9-7-27(31,8-10-28)21-4-6-22-20(16-21)17-25(34-22)26(30)29-11-13-35-14-12-29/h3-6,15-17,31H,7-14,18H2,1-2H3. The molecule has 186 valence electrons. The van der Waals surface area contributed by atoms with Gasteiger partial charge in [-0.15, -0.1) is 0 Å². The van der Waals surface area contributed by atoms with E-state index < -0.39 is 5.60 Å². The summed E-state index contributed by atoms with van der Waals surface area (Å²) in [6.07, 6.45) is 1.28. The average Bonchev–Trinajstić information content (AvgIpc) is 3.33. The van der Waals surface area contributed by atoms with Gasteiger partial charge in [-0.05, 0) is 54.3 Å². The van der Waals surface area contributed by atoms with E-state index >= 15 is 0 Å². The van der Waals surface area contributed by atoms with Gasteiger partial charge in [-0.25, -0.2) is 0 Å². The number of hydrogen-bond acceptors (Lipinski definition) is 7. The van der Waals surface area contributed by atoms with Crippen molar-refractivity contribution in [3.8, 4) is 11.5 Å². The van der Waals surface area contributed by atoms with E-state index in [0.29, 0.717) is 24.2 Å². The van der Waals surface area contributed by atoms with Gasteiger partial charge >= 0.3 is 0 Å². The van der Waals surface area contributed by atoms with Crippen LogP contribution in [0.4, 0.5) is 0 Å². The first kappa shape index (κ1) is 24.0. The SMILES string of the molecule is COc1ccc(CN2CCC(O)(c3ccc4oc(C(=O)N5CCSCC5)cc4c3)CC2)cc1OC. The molecule has 2 aliphatic rings. The number of carbonyl (C=O) groups is 1. The first-order valence-electron chi connectivity index (χ1n) is 12.1. The zero-order valence-corrected chi connectivity index (χ0v) is 21.1. The lowest BCUT2D eigenvalue weighted by Crippen LogP contribution is -2.42. The first-order valence-corrected chi connectivity index (χ1v) is 13.2. The van der Waals surface area contributed by atoms with Crippen molar-refractivity contribution in [1.29, 1.82) is 0 Å². The lowest BCUT2D eigenvalue weighted by Gasteiger charge is -2.38. The van der Waals surface area contributed by atoms with Gasteiger partial charge < -0.3 is 23.9 Å². The van der Waals surface area contributed by atoms with E-state index in [1.54, 1.807) is 14.2 Å². The monoisotopic (exact) mass is 496 g/mol. The Balaban J connectivity index is 1.26. The number of amides is 1. The van der Waals surface area contributed by atoms with Crippen molar-refractivity contribution in [2.75, 3.05) is 51.9 Å². The van der Waals surface area contributed by atoms with E-state index in [0.717, 1.165) is 72.2 Å². The van der Waals surface area contributed by atoms with Gasteiger partial charge in [0, 0.05) is 49.6 Å². The largest absolute Gasteiger partial charge is 0.493 e. The molecule has 2 aliphatic heterocycles. The van der Waals surface area contributed by atoms with Crippen LogP contribution in [-0.4, -0.2) is 72.7 Å². The van der Waals surface area contributed by atoms with Crippen LogP contribution in [0.3, 0.4) is 0 Å². The van der Waals surface area contributed by atoms with Crippen LogP contribution in [0.1, 0.15) is 34.5 Å². The summed E-state index contributed by atoms with van der Waals surface area (Å²) in [7, 11) is 3.28. The van der Waals surface area contributed by atoms with E-state index in [1.807, 2.05) is 53.1 Å². The Morgan fingerprint density at radius 2 is 1.74 bits per heavy atom. The summed E-state index contributed by atoms with van der Waals surface area (Å²) in [5, 5.41) is 12.3. The fourth-order valence-corrected chi connectivity index (χ4v) is 5.87. The Morgan fingerprint density at radius 3 is 2.46 bits per heavy atom. The van der Waals surface area contributed by atoms with Crippen LogP contribution < -0.4 is 9.47 Å². The van der Waals surface area contributed by atoms with Gasteiger partial charge in [0.05, 0.1) is 19.8 Å². The quantitative estimate of drug-likeness (QED) is 0.550. The second-order valence-corrected chi connectivity index (χ2v) is 10.5. The highest BCUT2D eigenvalue weighted by Gasteiger charge is 2.34. The number of carbonyl (C=O) groups excluding carboxylic acids is 1. The minimum Gasteiger partial charge on any atom is -0.493 e. The second-order valence-electron chi connectivity index (χ2n) is 9.26. The molecule has 1 aromatic heterocycles. The van der Waals surface area contributed by atoms with E-state index in [2.05, 4.69) is 11.0 Å². The van der Waals surface area contributed by atoms with Crippen LogP contribution in [0.5, 0.6) is 11.5 Å². The molecule has 3 aromatic rings. The number of rotatable bonds is 6. The summed E-state index contributed by atoms with van der Waals surface area (Å²) in [4.78, 5) is 17.0. The molecule has 2 fully saturated rings. The number of hydrogen-bond donors (Lipinski definition) is 1.